The minimum absolute atomic E-state index is 0.108. The van der Waals surface area contributed by atoms with E-state index in [0.29, 0.717) is 6.42 Å². The first-order valence-electron chi connectivity index (χ1n) is 4.77. The lowest BCUT2D eigenvalue weighted by atomic mass is 9.98. The average molecular weight is 221 g/mol. The molecule has 1 aromatic rings. The number of rotatable bonds is 4. The van der Waals surface area contributed by atoms with Crippen molar-refractivity contribution in [2.75, 3.05) is 6.54 Å². The first-order valence-corrected chi connectivity index (χ1v) is 4.77. The Bertz CT molecular complexity index is 294. The fraction of sp³-hybridized carbons (Fsp3) is 0.600. The van der Waals surface area contributed by atoms with Crippen LogP contribution in [0.5, 0.6) is 0 Å². The first-order chi connectivity index (χ1) is 6.92. The van der Waals surface area contributed by atoms with E-state index in [4.69, 9.17) is 4.42 Å². The Hall–Kier alpha value is -0.970. The minimum atomic E-state index is -4.37. The third-order valence-corrected chi connectivity index (χ3v) is 2.31. The third-order valence-electron chi connectivity index (χ3n) is 2.31. The molecule has 0 fully saturated rings. The molecule has 1 aromatic heterocycles. The van der Waals surface area contributed by atoms with Crippen LogP contribution in [0.15, 0.2) is 22.8 Å². The summed E-state index contributed by atoms with van der Waals surface area (Å²) in [5.74, 6) is -0.108. The van der Waals surface area contributed by atoms with Gasteiger partial charge in [-0.3, -0.25) is 5.32 Å². The molecule has 2 nitrogen and oxygen atoms in total. The molecule has 5 heteroatoms. The molecule has 0 amide bonds. The molecule has 0 aliphatic heterocycles. The maximum atomic E-state index is 12.9. The van der Waals surface area contributed by atoms with E-state index in [9.17, 15) is 13.2 Å². The van der Waals surface area contributed by atoms with Gasteiger partial charge in [0.25, 0.3) is 0 Å². The van der Waals surface area contributed by atoms with Crippen LogP contribution in [0.4, 0.5) is 13.2 Å². The second-order valence-electron chi connectivity index (χ2n) is 3.53. The molecule has 1 N–H and O–H groups in total. The predicted octanol–water partition coefficient (Wildman–Crippen LogP) is 3.06. The van der Waals surface area contributed by atoms with E-state index in [2.05, 4.69) is 5.32 Å². The average Bonchev–Trinajstić information content (AvgIpc) is 2.65. The van der Waals surface area contributed by atoms with Crippen LogP contribution < -0.4 is 5.32 Å². The molecule has 1 rings (SSSR count). The Morgan fingerprint density at radius 2 is 2.07 bits per heavy atom. The third kappa shape index (κ3) is 2.34. The molecule has 0 aromatic carbocycles. The van der Waals surface area contributed by atoms with Gasteiger partial charge in [0.15, 0.2) is 5.54 Å². The van der Waals surface area contributed by atoms with Crippen molar-refractivity contribution in [1.82, 2.24) is 5.32 Å². The van der Waals surface area contributed by atoms with Crippen LogP contribution in [0.1, 0.15) is 26.0 Å². The summed E-state index contributed by atoms with van der Waals surface area (Å²) in [6.45, 7) is 3.18. The lowest BCUT2D eigenvalue weighted by Gasteiger charge is -2.31. The molecule has 0 spiro atoms. The van der Waals surface area contributed by atoms with Crippen molar-refractivity contribution < 1.29 is 17.6 Å². The minimum Gasteiger partial charge on any atom is -0.467 e. The molecule has 1 heterocycles. The highest BCUT2D eigenvalue weighted by Crippen LogP contribution is 2.38. The summed E-state index contributed by atoms with van der Waals surface area (Å²) in [5, 5.41) is 2.47. The van der Waals surface area contributed by atoms with Gasteiger partial charge in [0.2, 0.25) is 0 Å². The Labute approximate surface area is 86.5 Å². The molecular formula is C10H14F3NO. The Morgan fingerprint density at radius 1 is 1.40 bits per heavy atom. The van der Waals surface area contributed by atoms with Gasteiger partial charge in [-0.1, -0.05) is 6.92 Å². The summed E-state index contributed by atoms with van der Waals surface area (Å²) < 4.78 is 43.4. The largest absolute Gasteiger partial charge is 0.467 e. The maximum absolute atomic E-state index is 12.9. The number of alkyl halides is 3. The zero-order valence-electron chi connectivity index (χ0n) is 8.69. The van der Waals surface area contributed by atoms with Crippen LogP contribution in [0, 0.1) is 0 Å². The van der Waals surface area contributed by atoms with E-state index < -0.39 is 11.7 Å². The first kappa shape index (κ1) is 12.1. The quantitative estimate of drug-likeness (QED) is 0.845. The Kier molecular flexibility index (Phi) is 3.44. The number of halogens is 3. The standard InChI is InChI=1S/C10H14F3NO/c1-3-6-14-9(2,10(11,12)13)8-5-4-7-15-8/h4-5,7,14H,3,6H2,1-2H3. The second kappa shape index (κ2) is 4.26. The summed E-state index contributed by atoms with van der Waals surface area (Å²) in [6, 6.07) is 2.78. The zero-order valence-corrected chi connectivity index (χ0v) is 8.69. The van der Waals surface area contributed by atoms with Gasteiger partial charge < -0.3 is 4.42 Å². The van der Waals surface area contributed by atoms with Crippen molar-refractivity contribution >= 4 is 0 Å². The van der Waals surface area contributed by atoms with E-state index in [0.717, 1.165) is 6.92 Å². The van der Waals surface area contributed by atoms with Gasteiger partial charge in [0.1, 0.15) is 5.76 Å². The molecule has 0 bridgehead atoms. The lowest BCUT2D eigenvalue weighted by molar-refractivity contribution is -0.200. The molecule has 0 saturated heterocycles. The van der Waals surface area contributed by atoms with Crippen molar-refractivity contribution in [3.63, 3.8) is 0 Å². The molecule has 15 heavy (non-hydrogen) atoms. The fourth-order valence-corrected chi connectivity index (χ4v) is 1.27. The van der Waals surface area contributed by atoms with Crippen molar-refractivity contribution in [2.45, 2.75) is 32.0 Å². The smallest absolute Gasteiger partial charge is 0.413 e. The molecule has 0 saturated carbocycles. The Morgan fingerprint density at radius 3 is 2.47 bits per heavy atom. The fourth-order valence-electron chi connectivity index (χ4n) is 1.27. The second-order valence-corrected chi connectivity index (χ2v) is 3.53. The summed E-state index contributed by atoms with van der Waals surface area (Å²) in [7, 11) is 0. The van der Waals surface area contributed by atoms with Crippen LogP contribution >= 0.6 is 0 Å². The molecule has 0 aliphatic carbocycles. The van der Waals surface area contributed by atoms with Crippen molar-refractivity contribution in [2.24, 2.45) is 0 Å². The predicted molar refractivity (Wildman–Crippen MR) is 50.4 cm³/mol. The van der Waals surface area contributed by atoms with E-state index >= 15 is 0 Å². The van der Waals surface area contributed by atoms with Crippen molar-refractivity contribution in [3.8, 4) is 0 Å². The Balaban J connectivity index is 2.97. The molecule has 1 atom stereocenters. The zero-order chi connectivity index (χ0) is 11.5. The van der Waals surface area contributed by atoms with E-state index in [-0.39, 0.29) is 12.3 Å². The lowest BCUT2D eigenvalue weighted by Crippen LogP contribution is -2.51. The van der Waals surface area contributed by atoms with Gasteiger partial charge in [-0.25, -0.2) is 0 Å². The van der Waals surface area contributed by atoms with Crippen molar-refractivity contribution in [1.29, 1.82) is 0 Å². The van der Waals surface area contributed by atoms with Gasteiger partial charge in [-0.05, 0) is 32.0 Å². The van der Waals surface area contributed by atoms with Gasteiger partial charge in [0, 0.05) is 0 Å². The summed E-state index contributed by atoms with van der Waals surface area (Å²) >= 11 is 0. The number of nitrogens with one attached hydrogen (secondary N) is 1. The number of hydrogen-bond acceptors (Lipinski definition) is 2. The van der Waals surface area contributed by atoms with Crippen LogP contribution in [-0.2, 0) is 5.54 Å². The molecule has 0 aliphatic rings. The SMILES string of the molecule is CCCNC(C)(c1ccco1)C(F)(F)F. The van der Waals surface area contributed by atoms with Gasteiger partial charge in [-0.2, -0.15) is 13.2 Å². The number of hydrogen-bond donors (Lipinski definition) is 1. The van der Waals surface area contributed by atoms with E-state index in [1.807, 2.05) is 6.92 Å². The van der Waals surface area contributed by atoms with Gasteiger partial charge >= 0.3 is 6.18 Å². The van der Waals surface area contributed by atoms with Crippen LogP contribution in [0.25, 0.3) is 0 Å². The topological polar surface area (TPSA) is 25.2 Å². The molecular weight excluding hydrogens is 207 g/mol. The highest BCUT2D eigenvalue weighted by Gasteiger charge is 2.54. The summed E-state index contributed by atoms with van der Waals surface area (Å²) in [5.41, 5.74) is -2.10. The van der Waals surface area contributed by atoms with E-state index in [1.54, 1.807) is 0 Å². The highest BCUT2D eigenvalue weighted by atomic mass is 19.4. The van der Waals surface area contributed by atoms with Crippen LogP contribution in [-0.4, -0.2) is 12.7 Å². The molecule has 86 valence electrons. The normalized spacial score (nSPS) is 16.3. The summed E-state index contributed by atoms with van der Waals surface area (Å²) in [6.07, 6.45) is -2.50. The maximum Gasteiger partial charge on any atom is 0.413 e. The van der Waals surface area contributed by atoms with Crippen LogP contribution in [0.2, 0.25) is 0 Å². The summed E-state index contributed by atoms with van der Waals surface area (Å²) in [4.78, 5) is 0. The molecule has 1 unspecified atom stereocenters. The monoisotopic (exact) mass is 221 g/mol. The van der Waals surface area contributed by atoms with Gasteiger partial charge in [0.05, 0.1) is 6.26 Å². The van der Waals surface area contributed by atoms with Crippen molar-refractivity contribution in [3.05, 3.63) is 24.2 Å². The number of furan rings is 1. The molecule has 0 radical (unpaired) electrons. The van der Waals surface area contributed by atoms with E-state index in [1.165, 1.54) is 18.4 Å². The van der Waals surface area contributed by atoms with Crippen LogP contribution in [0.3, 0.4) is 0 Å². The van der Waals surface area contributed by atoms with Gasteiger partial charge in [-0.15, -0.1) is 0 Å². The highest BCUT2D eigenvalue weighted by molar-refractivity contribution is 5.14.